The second-order valence-corrected chi connectivity index (χ2v) is 10.2. The van der Waals surface area contributed by atoms with E-state index in [0.29, 0.717) is 56.0 Å². The Hall–Kier alpha value is -2.69. The summed E-state index contributed by atoms with van der Waals surface area (Å²) in [6.45, 7) is 4.79. The Labute approximate surface area is 212 Å². The van der Waals surface area contributed by atoms with Crippen LogP contribution in [0.1, 0.15) is 70.8 Å². The van der Waals surface area contributed by atoms with Gasteiger partial charge in [0.05, 0.1) is 18.7 Å². The van der Waals surface area contributed by atoms with Crippen molar-refractivity contribution in [3.63, 3.8) is 0 Å². The molecular formula is C26H40FN5O4. The quantitative estimate of drug-likeness (QED) is 0.112. The highest BCUT2D eigenvalue weighted by Gasteiger charge is 2.37. The number of rotatable bonds is 14. The molecule has 1 aliphatic heterocycles. The van der Waals surface area contributed by atoms with Gasteiger partial charge in [-0.05, 0) is 82.0 Å². The van der Waals surface area contributed by atoms with Gasteiger partial charge in [0, 0.05) is 18.3 Å². The number of benzene rings is 1. The molecule has 1 saturated carbocycles. The van der Waals surface area contributed by atoms with E-state index >= 15 is 0 Å². The predicted molar refractivity (Wildman–Crippen MR) is 135 cm³/mol. The van der Waals surface area contributed by atoms with E-state index < -0.39 is 17.0 Å². The summed E-state index contributed by atoms with van der Waals surface area (Å²) in [6, 6.07) is 4.43. The van der Waals surface area contributed by atoms with Crippen LogP contribution in [0.25, 0.3) is 0 Å². The smallest absolute Gasteiger partial charge is 0.246 e. The van der Waals surface area contributed by atoms with Gasteiger partial charge in [0.25, 0.3) is 0 Å². The zero-order chi connectivity index (χ0) is 26.3. The lowest BCUT2D eigenvalue weighted by Crippen LogP contribution is -2.59. The molecule has 36 heavy (non-hydrogen) atoms. The van der Waals surface area contributed by atoms with Crippen LogP contribution in [0.3, 0.4) is 0 Å². The standard InChI is InChI=1S/C26H40FN5O4/c1-3-26(35,19-9-10-21(27)22(14-19)36-16-18-7-8-18)17-32(29)20(15-28)6-4-5-13-30-25(2)12-11-23(33)31-24(25)34/h9-10,14-15,18,30,35H,3-8,11-13,16-17,28-29H2,1-2H3,(H,31,33,34)/b20-15-/t25?,26-/m1/s1. The maximum atomic E-state index is 14.3. The summed E-state index contributed by atoms with van der Waals surface area (Å²) in [5.74, 6) is 5.94. The molecule has 2 atom stereocenters. The Balaban J connectivity index is 1.51. The van der Waals surface area contributed by atoms with Crippen molar-refractivity contribution < 1.29 is 23.8 Å². The lowest BCUT2D eigenvalue weighted by Gasteiger charge is -2.34. The second-order valence-electron chi connectivity index (χ2n) is 10.2. The van der Waals surface area contributed by atoms with E-state index in [4.69, 9.17) is 16.3 Å². The number of allylic oxidation sites excluding steroid dienone is 1. The monoisotopic (exact) mass is 505 g/mol. The Morgan fingerprint density at radius 1 is 1.39 bits per heavy atom. The number of imide groups is 1. The minimum atomic E-state index is -1.32. The second kappa shape index (κ2) is 12.0. The summed E-state index contributed by atoms with van der Waals surface area (Å²) in [4.78, 5) is 23.5. The van der Waals surface area contributed by atoms with Crippen LogP contribution < -0.4 is 26.9 Å². The molecule has 9 nitrogen and oxygen atoms in total. The van der Waals surface area contributed by atoms with Crippen molar-refractivity contribution in [3.8, 4) is 5.75 Å². The molecule has 10 heteroatoms. The highest BCUT2D eigenvalue weighted by Crippen LogP contribution is 2.33. The van der Waals surface area contributed by atoms with E-state index in [1.165, 1.54) is 17.3 Å². The van der Waals surface area contributed by atoms with Crippen molar-refractivity contribution in [2.75, 3.05) is 19.7 Å². The van der Waals surface area contributed by atoms with Gasteiger partial charge < -0.3 is 25.9 Å². The van der Waals surface area contributed by atoms with Crippen molar-refractivity contribution in [2.24, 2.45) is 17.5 Å². The molecule has 2 aliphatic rings. The van der Waals surface area contributed by atoms with E-state index in [0.717, 1.165) is 25.7 Å². The molecule has 1 heterocycles. The fourth-order valence-corrected chi connectivity index (χ4v) is 4.28. The topological polar surface area (TPSA) is 143 Å². The lowest BCUT2D eigenvalue weighted by molar-refractivity contribution is -0.138. The van der Waals surface area contributed by atoms with Gasteiger partial charge in [-0.1, -0.05) is 13.0 Å². The maximum absolute atomic E-state index is 14.3. The van der Waals surface area contributed by atoms with Crippen molar-refractivity contribution in [3.05, 3.63) is 41.5 Å². The van der Waals surface area contributed by atoms with Crippen molar-refractivity contribution >= 4 is 11.8 Å². The Morgan fingerprint density at radius 3 is 2.78 bits per heavy atom. The number of nitrogens with zero attached hydrogens (tertiary/aromatic N) is 1. The fourth-order valence-electron chi connectivity index (χ4n) is 4.28. The SMILES string of the molecule is CC[C@@](O)(CN(N)/C(=C\N)CCCCNC1(C)CCC(=O)NC1=O)c1ccc(F)c(OCC2CC2)c1. The van der Waals surface area contributed by atoms with Crippen LogP contribution in [0, 0.1) is 11.7 Å². The van der Waals surface area contributed by atoms with Crippen LogP contribution in [0.5, 0.6) is 5.75 Å². The molecule has 0 radical (unpaired) electrons. The van der Waals surface area contributed by atoms with Crippen molar-refractivity contribution in [1.82, 2.24) is 15.6 Å². The third kappa shape index (κ3) is 7.18. The number of nitrogens with one attached hydrogen (secondary N) is 2. The Morgan fingerprint density at radius 2 is 2.14 bits per heavy atom. The number of unbranched alkanes of at least 4 members (excludes halogenated alkanes) is 1. The molecule has 0 bridgehead atoms. The number of halogens is 1. The number of nitrogens with two attached hydrogens (primary N) is 2. The van der Waals surface area contributed by atoms with Crippen molar-refractivity contribution in [2.45, 2.75) is 76.4 Å². The highest BCUT2D eigenvalue weighted by atomic mass is 19.1. The first-order valence-electron chi connectivity index (χ1n) is 12.8. The largest absolute Gasteiger partial charge is 0.490 e. The van der Waals surface area contributed by atoms with Gasteiger partial charge in [-0.25, -0.2) is 10.2 Å². The maximum Gasteiger partial charge on any atom is 0.246 e. The van der Waals surface area contributed by atoms with E-state index in [1.807, 2.05) is 6.92 Å². The lowest BCUT2D eigenvalue weighted by atomic mass is 9.90. The number of piperidine rings is 1. The first-order valence-corrected chi connectivity index (χ1v) is 12.8. The van der Waals surface area contributed by atoms with Gasteiger partial charge in [-0.3, -0.25) is 14.9 Å². The number of aliphatic hydroxyl groups is 1. The number of ether oxygens (including phenoxy) is 1. The van der Waals surface area contributed by atoms with Gasteiger partial charge in [-0.2, -0.15) is 0 Å². The molecule has 1 aromatic rings. The zero-order valence-electron chi connectivity index (χ0n) is 21.3. The number of carbonyl (C=O) groups excluding carboxylic acids is 2. The van der Waals surface area contributed by atoms with E-state index in [1.54, 1.807) is 19.1 Å². The first-order chi connectivity index (χ1) is 17.1. The van der Waals surface area contributed by atoms with E-state index in [9.17, 15) is 19.1 Å². The molecule has 0 spiro atoms. The molecule has 200 valence electrons. The molecule has 0 aromatic heterocycles. The Kier molecular flexibility index (Phi) is 9.32. The molecule has 1 saturated heterocycles. The van der Waals surface area contributed by atoms with Gasteiger partial charge in [-0.15, -0.1) is 0 Å². The van der Waals surface area contributed by atoms with Crippen LogP contribution >= 0.6 is 0 Å². The summed E-state index contributed by atoms with van der Waals surface area (Å²) >= 11 is 0. The zero-order valence-corrected chi connectivity index (χ0v) is 21.3. The normalized spacial score (nSPS) is 22.2. The number of hydrogen-bond donors (Lipinski definition) is 5. The number of hydrogen-bond acceptors (Lipinski definition) is 8. The Bertz CT molecular complexity index is 970. The van der Waals surface area contributed by atoms with Gasteiger partial charge >= 0.3 is 0 Å². The minimum Gasteiger partial charge on any atom is -0.490 e. The van der Waals surface area contributed by atoms with Crippen LogP contribution in [0.15, 0.2) is 30.1 Å². The summed E-state index contributed by atoms with van der Waals surface area (Å²) < 4.78 is 19.9. The third-order valence-electron chi connectivity index (χ3n) is 7.20. The molecule has 1 aliphatic carbocycles. The molecule has 3 rings (SSSR count). The predicted octanol–water partition coefficient (Wildman–Crippen LogP) is 2.14. The number of amides is 2. The van der Waals surface area contributed by atoms with Gasteiger partial charge in [0.1, 0.15) is 5.60 Å². The molecule has 2 fully saturated rings. The molecule has 1 aromatic carbocycles. The summed E-state index contributed by atoms with van der Waals surface area (Å²) in [5, 5.41) is 18.5. The molecule has 7 N–H and O–H groups in total. The van der Waals surface area contributed by atoms with Crippen LogP contribution in [0.2, 0.25) is 0 Å². The van der Waals surface area contributed by atoms with Crippen LogP contribution in [0.4, 0.5) is 4.39 Å². The summed E-state index contributed by atoms with van der Waals surface area (Å²) in [6.07, 6.45) is 6.87. The first kappa shape index (κ1) is 27.9. The van der Waals surface area contributed by atoms with Gasteiger partial charge in [0.2, 0.25) is 11.8 Å². The average molecular weight is 506 g/mol. The average Bonchev–Trinajstić information content (AvgIpc) is 3.68. The number of hydrazine groups is 1. The molecule has 2 amide bonds. The minimum absolute atomic E-state index is 0.0742. The number of carbonyl (C=O) groups is 2. The van der Waals surface area contributed by atoms with Crippen LogP contribution in [-0.4, -0.2) is 47.2 Å². The van der Waals surface area contributed by atoms with E-state index in [-0.39, 0.29) is 24.1 Å². The highest BCUT2D eigenvalue weighted by molar-refractivity contribution is 6.02. The van der Waals surface area contributed by atoms with Crippen molar-refractivity contribution in [1.29, 1.82) is 0 Å². The van der Waals surface area contributed by atoms with Gasteiger partial charge in [0.15, 0.2) is 11.6 Å². The van der Waals surface area contributed by atoms with Crippen LogP contribution in [-0.2, 0) is 15.2 Å². The third-order valence-corrected chi connectivity index (χ3v) is 7.20. The molecule has 1 unspecified atom stereocenters. The fraction of sp³-hybridized carbons (Fsp3) is 0.615. The molecular weight excluding hydrogens is 465 g/mol. The summed E-state index contributed by atoms with van der Waals surface area (Å²) in [7, 11) is 0. The summed E-state index contributed by atoms with van der Waals surface area (Å²) in [5.41, 5.74) is 4.96. The van der Waals surface area contributed by atoms with E-state index in [2.05, 4.69) is 10.6 Å².